The fraction of sp³-hybridized carbons (Fsp3) is 0.480. The molecule has 4 rings (SSSR count). The number of nitrogens with zero attached hydrogens (tertiary/aromatic N) is 2. The number of thiophene rings is 1. The Morgan fingerprint density at radius 1 is 1.27 bits per heavy atom. The summed E-state index contributed by atoms with van der Waals surface area (Å²) >= 11 is 7.08. The number of amides is 3. The minimum Gasteiger partial charge on any atom is -0.370 e. The molecular formula is C25H29ClF2N4O4S. The predicted molar refractivity (Wildman–Crippen MR) is 139 cm³/mol. The number of benzene rings is 1. The Hall–Kier alpha value is -2.60. The molecule has 2 heterocycles. The first-order chi connectivity index (χ1) is 17.8. The van der Waals surface area contributed by atoms with Crippen LogP contribution in [0.1, 0.15) is 41.4 Å². The quantitative estimate of drug-likeness (QED) is 0.435. The molecule has 0 spiro atoms. The van der Waals surface area contributed by atoms with E-state index < -0.39 is 24.3 Å². The molecule has 1 aliphatic carbocycles. The largest absolute Gasteiger partial charge is 0.370 e. The number of anilines is 2. The lowest BCUT2D eigenvalue weighted by Crippen LogP contribution is -2.51. The number of carbonyl (C=O) groups excluding carboxylic acids is 3. The van der Waals surface area contributed by atoms with Crippen molar-refractivity contribution in [1.82, 2.24) is 10.2 Å². The maximum Gasteiger partial charge on any atom is 0.265 e. The van der Waals surface area contributed by atoms with Crippen molar-refractivity contribution in [3.05, 3.63) is 45.1 Å². The molecule has 8 nitrogen and oxygen atoms in total. The lowest BCUT2D eigenvalue weighted by atomic mass is 10.1. The lowest BCUT2D eigenvalue weighted by Gasteiger charge is -2.30. The highest BCUT2D eigenvalue weighted by Gasteiger charge is 2.32. The van der Waals surface area contributed by atoms with Crippen molar-refractivity contribution in [3.8, 4) is 0 Å². The van der Waals surface area contributed by atoms with Crippen molar-refractivity contribution in [3.63, 3.8) is 0 Å². The molecule has 1 saturated heterocycles. The van der Waals surface area contributed by atoms with Crippen LogP contribution in [0.2, 0.25) is 4.34 Å². The number of alkyl halides is 2. The van der Waals surface area contributed by atoms with Crippen LogP contribution in [0.5, 0.6) is 0 Å². The fourth-order valence-corrected chi connectivity index (χ4v) is 5.22. The minimum atomic E-state index is -2.85. The van der Waals surface area contributed by atoms with E-state index in [0.717, 1.165) is 24.2 Å². The van der Waals surface area contributed by atoms with Crippen LogP contribution in [0.3, 0.4) is 0 Å². The van der Waals surface area contributed by atoms with E-state index in [4.69, 9.17) is 16.3 Å². The van der Waals surface area contributed by atoms with Gasteiger partial charge in [-0.2, -0.15) is 0 Å². The highest BCUT2D eigenvalue weighted by atomic mass is 35.5. The predicted octanol–water partition coefficient (Wildman–Crippen LogP) is 4.17. The molecule has 2 aliphatic rings. The molecule has 2 N–H and O–H groups in total. The average Bonchev–Trinajstić information content (AvgIpc) is 3.60. The SMILES string of the molecule is CCN(CC1CC1)[C@H](CNC(=O)c1ccc(Cl)s1)C(=O)Nc1ccc(N2CCOCC2=O)c(C(F)F)c1. The monoisotopic (exact) mass is 554 g/mol. The lowest BCUT2D eigenvalue weighted by molar-refractivity contribution is -0.125. The standard InChI is InChI=1S/C25H29ClF2N4O4S/c1-2-31(13-15-3-4-15)19(12-29-25(35)20-7-8-21(26)37-20)24(34)30-16-5-6-18(17(11-16)23(27)28)32-9-10-36-14-22(32)33/h5-8,11,15,19,23H,2-4,9-10,12-14H2,1H3,(H,29,35)(H,30,34)/t19-/m1/s1. The second-order valence-electron chi connectivity index (χ2n) is 9.02. The average molecular weight is 555 g/mol. The zero-order chi connectivity index (χ0) is 26.5. The van der Waals surface area contributed by atoms with Crippen molar-refractivity contribution in [2.45, 2.75) is 32.2 Å². The summed E-state index contributed by atoms with van der Waals surface area (Å²) in [5.41, 5.74) is -0.0601. The maximum absolute atomic E-state index is 13.9. The van der Waals surface area contributed by atoms with E-state index in [9.17, 15) is 23.2 Å². The van der Waals surface area contributed by atoms with Crippen molar-refractivity contribution in [1.29, 1.82) is 0 Å². The third-order valence-electron chi connectivity index (χ3n) is 6.40. The Bertz CT molecular complexity index is 1140. The van der Waals surface area contributed by atoms with Gasteiger partial charge in [-0.25, -0.2) is 8.78 Å². The van der Waals surface area contributed by atoms with Crippen LogP contribution in [-0.2, 0) is 14.3 Å². The summed E-state index contributed by atoms with van der Waals surface area (Å²) in [4.78, 5) is 41.9. The van der Waals surface area contributed by atoms with Crippen LogP contribution in [0.25, 0.3) is 0 Å². The first-order valence-corrected chi connectivity index (χ1v) is 13.3. The summed E-state index contributed by atoms with van der Waals surface area (Å²) in [6.45, 7) is 3.53. The zero-order valence-corrected chi connectivity index (χ0v) is 21.9. The molecule has 2 fully saturated rings. The number of hydrogen-bond acceptors (Lipinski definition) is 6. The Balaban J connectivity index is 1.51. The summed E-state index contributed by atoms with van der Waals surface area (Å²) in [5.74, 6) is -0.650. The van der Waals surface area contributed by atoms with Gasteiger partial charge in [0.2, 0.25) is 5.91 Å². The second-order valence-corrected chi connectivity index (χ2v) is 10.7. The van der Waals surface area contributed by atoms with Crippen molar-refractivity contribution >= 4 is 52.0 Å². The Morgan fingerprint density at radius 3 is 2.68 bits per heavy atom. The van der Waals surface area contributed by atoms with Gasteiger partial charge < -0.3 is 20.3 Å². The maximum atomic E-state index is 13.9. The minimum absolute atomic E-state index is 0.0445. The number of hydrogen-bond donors (Lipinski definition) is 2. The summed E-state index contributed by atoms with van der Waals surface area (Å²) < 4.78 is 33.5. The third kappa shape index (κ3) is 7.04. The summed E-state index contributed by atoms with van der Waals surface area (Å²) in [7, 11) is 0. The first kappa shape index (κ1) is 27.4. The molecular weight excluding hydrogens is 526 g/mol. The van der Waals surface area contributed by atoms with E-state index in [1.807, 2.05) is 11.8 Å². The first-order valence-electron chi connectivity index (χ1n) is 12.2. The molecule has 0 bridgehead atoms. The van der Waals surface area contributed by atoms with Gasteiger partial charge in [0.05, 0.1) is 21.5 Å². The topological polar surface area (TPSA) is 91.0 Å². The number of morpholine rings is 1. The molecule has 1 aliphatic heterocycles. The smallest absolute Gasteiger partial charge is 0.265 e. The molecule has 0 radical (unpaired) electrons. The molecule has 1 saturated carbocycles. The van der Waals surface area contributed by atoms with Crippen LogP contribution >= 0.6 is 22.9 Å². The Morgan fingerprint density at radius 2 is 2.05 bits per heavy atom. The van der Waals surface area contributed by atoms with Gasteiger partial charge in [-0.15, -0.1) is 11.3 Å². The van der Waals surface area contributed by atoms with Crippen molar-refractivity contribution in [2.75, 3.05) is 49.6 Å². The molecule has 200 valence electrons. The Labute approximate surface area is 222 Å². The fourth-order valence-electron chi connectivity index (χ4n) is 4.26. The second kappa shape index (κ2) is 12.3. The molecule has 37 heavy (non-hydrogen) atoms. The van der Waals surface area contributed by atoms with Gasteiger partial charge in [0, 0.05) is 30.9 Å². The van der Waals surface area contributed by atoms with E-state index in [0.29, 0.717) is 28.2 Å². The third-order valence-corrected chi connectivity index (χ3v) is 7.63. The zero-order valence-electron chi connectivity index (χ0n) is 20.3. The molecule has 2 aromatic rings. The van der Waals surface area contributed by atoms with Gasteiger partial charge in [-0.1, -0.05) is 18.5 Å². The van der Waals surface area contributed by atoms with Crippen LogP contribution < -0.4 is 15.5 Å². The number of ether oxygens (including phenoxy) is 1. The van der Waals surface area contributed by atoms with E-state index in [2.05, 4.69) is 10.6 Å². The van der Waals surface area contributed by atoms with Crippen molar-refractivity contribution in [2.24, 2.45) is 5.92 Å². The van der Waals surface area contributed by atoms with Crippen LogP contribution in [-0.4, -0.2) is 68.1 Å². The van der Waals surface area contributed by atoms with Crippen molar-refractivity contribution < 1.29 is 27.9 Å². The van der Waals surface area contributed by atoms with Crippen LogP contribution in [0.15, 0.2) is 30.3 Å². The molecule has 1 aromatic carbocycles. The van der Waals surface area contributed by atoms with Gasteiger partial charge in [-0.3, -0.25) is 19.3 Å². The molecule has 3 amide bonds. The molecule has 1 atom stereocenters. The number of rotatable bonds is 11. The van der Waals surface area contributed by atoms with E-state index in [-0.39, 0.29) is 49.1 Å². The van der Waals surface area contributed by atoms with E-state index in [1.54, 1.807) is 12.1 Å². The summed E-state index contributed by atoms with van der Waals surface area (Å²) in [6, 6.07) is 6.65. The van der Waals surface area contributed by atoms with E-state index in [1.165, 1.54) is 23.1 Å². The van der Waals surface area contributed by atoms with Gasteiger partial charge in [0.1, 0.15) is 12.6 Å². The van der Waals surface area contributed by atoms with Gasteiger partial charge in [0.25, 0.3) is 18.2 Å². The summed E-state index contributed by atoms with van der Waals surface area (Å²) in [6.07, 6.45) is -0.674. The van der Waals surface area contributed by atoms with Gasteiger partial charge in [-0.05, 0) is 55.6 Å². The highest BCUT2D eigenvalue weighted by molar-refractivity contribution is 7.18. The molecule has 0 unspecified atom stereocenters. The number of nitrogens with one attached hydrogen (secondary N) is 2. The van der Waals surface area contributed by atoms with Crippen LogP contribution in [0.4, 0.5) is 20.2 Å². The normalized spacial score (nSPS) is 16.8. The molecule has 12 heteroatoms. The van der Waals surface area contributed by atoms with Gasteiger partial charge in [0.15, 0.2) is 0 Å². The van der Waals surface area contributed by atoms with E-state index >= 15 is 0 Å². The Kier molecular flexibility index (Phi) is 9.12. The number of halogens is 3. The van der Waals surface area contributed by atoms with Crippen LogP contribution in [0, 0.1) is 5.92 Å². The molecule has 1 aromatic heterocycles. The summed E-state index contributed by atoms with van der Waals surface area (Å²) in [5, 5.41) is 5.55. The number of likely N-dealkylation sites (N-methyl/N-ethyl adjacent to an activating group) is 1. The number of carbonyl (C=O) groups is 3. The highest BCUT2D eigenvalue weighted by Crippen LogP contribution is 2.34. The van der Waals surface area contributed by atoms with Gasteiger partial charge >= 0.3 is 0 Å².